The van der Waals surface area contributed by atoms with Crippen molar-refractivity contribution in [1.29, 1.82) is 0 Å². The largest absolute Gasteiger partial charge is 0.497 e. The molecule has 2 rings (SSSR count). The zero-order chi connectivity index (χ0) is 16.8. The predicted molar refractivity (Wildman–Crippen MR) is 94.6 cm³/mol. The SMILES string of the molecule is COc1ccc(OCC(C)NC(=O)c2cc(Br)ccc2Cl)cc1. The molecule has 122 valence electrons. The van der Waals surface area contributed by atoms with Crippen molar-refractivity contribution >= 4 is 33.4 Å². The fraction of sp³-hybridized carbons (Fsp3) is 0.235. The Bertz CT molecular complexity index is 676. The normalized spacial score (nSPS) is 11.7. The molecular weight excluding hydrogens is 382 g/mol. The van der Waals surface area contributed by atoms with E-state index in [4.69, 9.17) is 21.1 Å². The Morgan fingerprint density at radius 2 is 1.87 bits per heavy atom. The van der Waals surface area contributed by atoms with Crippen LogP contribution in [0.2, 0.25) is 5.02 Å². The number of carbonyl (C=O) groups is 1. The van der Waals surface area contributed by atoms with E-state index in [9.17, 15) is 4.79 Å². The second-order valence-corrected chi connectivity index (χ2v) is 6.31. The Morgan fingerprint density at radius 3 is 2.52 bits per heavy atom. The molecule has 0 fully saturated rings. The van der Waals surface area contributed by atoms with Gasteiger partial charge < -0.3 is 14.8 Å². The van der Waals surface area contributed by atoms with Crippen LogP contribution < -0.4 is 14.8 Å². The Kier molecular flexibility index (Phi) is 6.30. The van der Waals surface area contributed by atoms with Gasteiger partial charge in [0, 0.05) is 4.47 Å². The summed E-state index contributed by atoms with van der Waals surface area (Å²) in [6.45, 7) is 2.22. The van der Waals surface area contributed by atoms with Crippen LogP contribution in [-0.4, -0.2) is 25.7 Å². The molecule has 0 saturated heterocycles. The Morgan fingerprint density at radius 1 is 1.22 bits per heavy atom. The lowest BCUT2D eigenvalue weighted by Gasteiger charge is -2.16. The number of amides is 1. The molecule has 0 aliphatic heterocycles. The van der Waals surface area contributed by atoms with E-state index in [2.05, 4.69) is 21.2 Å². The molecule has 1 amide bonds. The first-order valence-corrected chi connectivity index (χ1v) is 8.19. The standard InChI is InChI=1S/C17H17BrClNO3/c1-11(10-23-14-6-4-13(22-2)5-7-14)20-17(21)15-9-12(18)3-8-16(15)19/h3-9,11H,10H2,1-2H3,(H,20,21). The van der Waals surface area contributed by atoms with Crippen molar-refractivity contribution in [2.45, 2.75) is 13.0 Å². The van der Waals surface area contributed by atoms with Crippen LogP contribution in [-0.2, 0) is 0 Å². The maximum absolute atomic E-state index is 12.2. The van der Waals surface area contributed by atoms with Crippen molar-refractivity contribution in [3.05, 3.63) is 57.5 Å². The third kappa shape index (κ3) is 5.15. The van der Waals surface area contributed by atoms with E-state index < -0.39 is 0 Å². The van der Waals surface area contributed by atoms with Crippen molar-refractivity contribution in [2.75, 3.05) is 13.7 Å². The summed E-state index contributed by atoms with van der Waals surface area (Å²) in [7, 11) is 1.61. The molecule has 1 atom stereocenters. The lowest BCUT2D eigenvalue weighted by molar-refractivity contribution is 0.0927. The number of carbonyl (C=O) groups excluding carboxylic acids is 1. The van der Waals surface area contributed by atoms with Gasteiger partial charge in [-0.15, -0.1) is 0 Å². The van der Waals surface area contributed by atoms with Gasteiger partial charge in [0.25, 0.3) is 5.91 Å². The van der Waals surface area contributed by atoms with E-state index in [0.29, 0.717) is 22.9 Å². The van der Waals surface area contributed by atoms with Gasteiger partial charge in [-0.1, -0.05) is 27.5 Å². The number of halogens is 2. The minimum atomic E-state index is -0.234. The van der Waals surface area contributed by atoms with Crippen LogP contribution in [0.1, 0.15) is 17.3 Å². The fourth-order valence-corrected chi connectivity index (χ4v) is 2.47. The molecule has 2 aromatic carbocycles. The second kappa shape index (κ2) is 8.22. The number of nitrogens with one attached hydrogen (secondary N) is 1. The third-order valence-corrected chi connectivity index (χ3v) is 3.93. The molecule has 0 aliphatic carbocycles. The van der Waals surface area contributed by atoms with E-state index >= 15 is 0 Å². The van der Waals surface area contributed by atoms with E-state index in [1.54, 1.807) is 25.3 Å². The number of ether oxygens (including phenoxy) is 2. The van der Waals surface area contributed by atoms with Crippen molar-refractivity contribution in [3.63, 3.8) is 0 Å². The van der Waals surface area contributed by atoms with Crippen molar-refractivity contribution in [1.82, 2.24) is 5.32 Å². The number of hydrogen-bond donors (Lipinski definition) is 1. The smallest absolute Gasteiger partial charge is 0.253 e. The minimum Gasteiger partial charge on any atom is -0.497 e. The summed E-state index contributed by atoms with van der Waals surface area (Å²) >= 11 is 9.38. The van der Waals surface area contributed by atoms with Crippen LogP contribution in [0.5, 0.6) is 11.5 Å². The van der Waals surface area contributed by atoms with E-state index in [1.165, 1.54) is 0 Å². The van der Waals surface area contributed by atoms with E-state index in [1.807, 2.05) is 31.2 Å². The highest BCUT2D eigenvalue weighted by Crippen LogP contribution is 2.21. The molecule has 1 unspecified atom stereocenters. The lowest BCUT2D eigenvalue weighted by atomic mass is 10.2. The summed E-state index contributed by atoms with van der Waals surface area (Å²) in [4.78, 5) is 12.2. The summed E-state index contributed by atoms with van der Waals surface area (Å²) in [6, 6.07) is 12.3. The summed E-state index contributed by atoms with van der Waals surface area (Å²) in [5.74, 6) is 1.25. The van der Waals surface area contributed by atoms with Crippen LogP contribution in [0.4, 0.5) is 0 Å². The first-order valence-electron chi connectivity index (χ1n) is 7.02. The molecule has 0 heterocycles. The molecule has 23 heavy (non-hydrogen) atoms. The molecule has 0 aromatic heterocycles. The van der Waals surface area contributed by atoms with E-state index in [0.717, 1.165) is 10.2 Å². The first-order chi connectivity index (χ1) is 11.0. The Hall–Kier alpha value is -1.72. The zero-order valence-corrected chi connectivity index (χ0v) is 15.1. The fourth-order valence-electron chi connectivity index (χ4n) is 1.91. The van der Waals surface area contributed by atoms with Crippen LogP contribution in [0.25, 0.3) is 0 Å². The van der Waals surface area contributed by atoms with Gasteiger partial charge in [0.1, 0.15) is 18.1 Å². The van der Waals surface area contributed by atoms with Gasteiger partial charge in [-0.25, -0.2) is 0 Å². The topological polar surface area (TPSA) is 47.6 Å². The van der Waals surface area contributed by atoms with Gasteiger partial charge in [0.2, 0.25) is 0 Å². The van der Waals surface area contributed by atoms with Crippen molar-refractivity contribution in [2.24, 2.45) is 0 Å². The van der Waals surface area contributed by atoms with Crippen LogP contribution >= 0.6 is 27.5 Å². The maximum Gasteiger partial charge on any atom is 0.253 e. The molecule has 0 saturated carbocycles. The molecule has 0 radical (unpaired) electrons. The third-order valence-electron chi connectivity index (χ3n) is 3.11. The van der Waals surface area contributed by atoms with Gasteiger partial charge in [-0.05, 0) is 49.4 Å². The summed E-state index contributed by atoms with van der Waals surface area (Å²) in [5.41, 5.74) is 0.428. The van der Waals surface area contributed by atoms with Gasteiger partial charge in [-0.2, -0.15) is 0 Å². The number of methoxy groups -OCH3 is 1. The predicted octanol–water partition coefficient (Wildman–Crippen LogP) is 4.31. The molecule has 0 aliphatic rings. The minimum absolute atomic E-state index is 0.167. The van der Waals surface area contributed by atoms with Gasteiger partial charge in [0.15, 0.2) is 0 Å². The zero-order valence-electron chi connectivity index (χ0n) is 12.8. The number of rotatable bonds is 6. The second-order valence-electron chi connectivity index (χ2n) is 4.99. The highest BCUT2D eigenvalue weighted by molar-refractivity contribution is 9.10. The monoisotopic (exact) mass is 397 g/mol. The maximum atomic E-state index is 12.2. The molecule has 0 bridgehead atoms. The lowest BCUT2D eigenvalue weighted by Crippen LogP contribution is -2.36. The number of hydrogen-bond acceptors (Lipinski definition) is 3. The molecule has 6 heteroatoms. The summed E-state index contributed by atoms with van der Waals surface area (Å²) in [5, 5.41) is 3.27. The average Bonchev–Trinajstić information content (AvgIpc) is 2.55. The van der Waals surface area contributed by atoms with Crippen LogP contribution in [0, 0.1) is 0 Å². The molecular formula is C17H17BrClNO3. The molecule has 4 nitrogen and oxygen atoms in total. The van der Waals surface area contributed by atoms with Crippen LogP contribution in [0.15, 0.2) is 46.9 Å². The van der Waals surface area contributed by atoms with Gasteiger partial charge >= 0.3 is 0 Å². The van der Waals surface area contributed by atoms with Gasteiger partial charge in [0.05, 0.1) is 23.7 Å². The van der Waals surface area contributed by atoms with Crippen molar-refractivity contribution in [3.8, 4) is 11.5 Å². The summed E-state index contributed by atoms with van der Waals surface area (Å²) < 4.78 is 11.5. The Balaban J connectivity index is 1.89. The van der Waals surface area contributed by atoms with E-state index in [-0.39, 0.29) is 11.9 Å². The number of benzene rings is 2. The highest BCUT2D eigenvalue weighted by atomic mass is 79.9. The van der Waals surface area contributed by atoms with Gasteiger partial charge in [-0.3, -0.25) is 4.79 Å². The van der Waals surface area contributed by atoms with Crippen LogP contribution in [0.3, 0.4) is 0 Å². The summed E-state index contributed by atoms with van der Waals surface area (Å²) in [6.07, 6.45) is 0. The highest BCUT2D eigenvalue weighted by Gasteiger charge is 2.14. The first kappa shape index (κ1) is 17.6. The van der Waals surface area contributed by atoms with Crippen molar-refractivity contribution < 1.29 is 14.3 Å². The molecule has 1 N–H and O–H groups in total. The average molecular weight is 399 g/mol. The molecule has 0 spiro atoms. The quantitative estimate of drug-likeness (QED) is 0.789. The molecule has 2 aromatic rings. The Labute approximate surface area is 148 Å².